The van der Waals surface area contributed by atoms with Crippen LogP contribution in [0.2, 0.25) is 0 Å². The fourth-order valence-corrected chi connectivity index (χ4v) is 4.26. The second-order valence-electron chi connectivity index (χ2n) is 7.24. The Morgan fingerprint density at radius 3 is 2.56 bits per heavy atom. The van der Waals surface area contributed by atoms with Gasteiger partial charge in [0.05, 0.1) is 17.1 Å². The summed E-state index contributed by atoms with van der Waals surface area (Å²) in [6, 6.07) is 12.8. The highest BCUT2D eigenvalue weighted by molar-refractivity contribution is 9.10. The lowest BCUT2D eigenvalue weighted by molar-refractivity contribution is -0.191. The predicted molar refractivity (Wildman–Crippen MR) is 135 cm³/mol. The van der Waals surface area contributed by atoms with Crippen molar-refractivity contribution < 1.29 is 19.1 Å². The van der Waals surface area contributed by atoms with Gasteiger partial charge in [-0.25, -0.2) is 9.37 Å². The maximum atomic E-state index is 13.1. The summed E-state index contributed by atoms with van der Waals surface area (Å²) in [5, 5.41) is 15.9. The molecule has 0 aliphatic heterocycles. The fourth-order valence-electron chi connectivity index (χ4n) is 2.89. The minimum atomic E-state index is -0.207. The molecular formula is C24H26BrFN4O3S. The highest BCUT2D eigenvalue weighted by Crippen LogP contribution is 2.28. The summed E-state index contributed by atoms with van der Waals surface area (Å²) in [6.45, 7) is 4.12. The highest BCUT2D eigenvalue weighted by atomic mass is 79.9. The second-order valence-corrected chi connectivity index (χ2v) is 9.23. The zero-order chi connectivity index (χ0) is 24.9. The smallest absolute Gasteiger partial charge is 0.373 e. The van der Waals surface area contributed by atoms with Crippen molar-refractivity contribution in [2.24, 2.45) is 0 Å². The Morgan fingerprint density at radius 2 is 1.91 bits per heavy atom. The van der Waals surface area contributed by atoms with Crippen LogP contribution in [0.5, 0.6) is 0 Å². The van der Waals surface area contributed by atoms with Gasteiger partial charge >= 0.3 is 6.15 Å². The number of rotatable bonds is 10. The summed E-state index contributed by atoms with van der Waals surface area (Å²) in [4.78, 5) is 26.3. The molecule has 0 aliphatic carbocycles. The molecule has 1 atom stereocenters. The molecule has 3 rings (SSSR count). The van der Waals surface area contributed by atoms with Crippen LogP contribution in [-0.2, 0) is 16.0 Å². The van der Waals surface area contributed by atoms with Crippen LogP contribution in [0, 0.1) is 12.7 Å². The minimum absolute atomic E-state index is 0.0339. The molecule has 1 unspecified atom stereocenters. The molecule has 0 spiro atoms. The van der Waals surface area contributed by atoms with Gasteiger partial charge < -0.3 is 15.7 Å². The number of aliphatic hydroxyl groups is 1. The molecular weight excluding hydrogens is 523 g/mol. The van der Waals surface area contributed by atoms with Crippen molar-refractivity contribution in [3.05, 3.63) is 70.1 Å². The molecule has 0 radical (unpaired) electrons. The van der Waals surface area contributed by atoms with Gasteiger partial charge in [0.1, 0.15) is 11.6 Å². The quantitative estimate of drug-likeness (QED) is 0.290. The molecule has 3 N–H and O–H groups in total. The van der Waals surface area contributed by atoms with Gasteiger partial charge in [0.15, 0.2) is 0 Å². The number of aliphatic hydroxyl groups excluding tert-OH is 1. The maximum Gasteiger partial charge on any atom is 0.373 e. The summed E-state index contributed by atoms with van der Waals surface area (Å²) >= 11 is 5.22. The summed E-state index contributed by atoms with van der Waals surface area (Å²) in [7, 11) is 0. The average Bonchev–Trinajstić information content (AvgIpc) is 2.83. The van der Waals surface area contributed by atoms with Crippen LogP contribution in [-0.4, -0.2) is 39.6 Å². The van der Waals surface area contributed by atoms with Crippen molar-refractivity contribution in [1.29, 1.82) is 0 Å². The van der Waals surface area contributed by atoms with Crippen molar-refractivity contribution in [2.75, 3.05) is 23.0 Å². The Morgan fingerprint density at radius 1 is 1.21 bits per heavy atom. The molecule has 7 nitrogen and oxygen atoms in total. The van der Waals surface area contributed by atoms with Gasteiger partial charge in [-0.2, -0.15) is 14.6 Å². The zero-order valence-corrected chi connectivity index (χ0v) is 21.2. The van der Waals surface area contributed by atoms with Gasteiger partial charge in [0.2, 0.25) is 5.95 Å². The van der Waals surface area contributed by atoms with Crippen LogP contribution in [0.15, 0.2) is 58.0 Å². The van der Waals surface area contributed by atoms with Gasteiger partial charge in [-0.05, 0) is 71.1 Å². The molecule has 180 valence electrons. The molecule has 0 amide bonds. The lowest BCUT2D eigenvalue weighted by atomic mass is 10.2. The molecule has 0 saturated heterocycles. The summed E-state index contributed by atoms with van der Waals surface area (Å²) in [6.07, 6.45) is 3.59. The van der Waals surface area contributed by atoms with Gasteiger partial charge in [-0.3, -0.25) is 0 Å². The highest BCUT2D eigenvalue weighted by Gasteiger charge is 2.11. The van der Waals surface area contributed by atoms with Gasteiger partial charge in [-0.15, -0.1) is 11.8 Å². The first-order valence-electron chi connectivity index (χ1n) is 10.5. The normalized spacial score (nSPS) is 11.1. The maximum absolute atomic E-state index is 13.1. The molecule has 1 heterocycles. The predicted octanol–water partition coefficient (Wildman–Crippen LogP) is 5.36. The van der Waals surface area contributed by atoms with Crippen molar-refractivity contribution in [2.45, 2.75) is 37.6 Å². The minimum Gasteiger partial charge on any atom is -0.394 e. The average molecular weight is 549 g/mol. The van der Waals surface area contributed by atoms with E-state index in [1.807, 2.05) is 25.1 Å². The molecule has 1 aromatic heterocycles. The van der Waals surface area contributed by atoms with E-state index in [0.29, 0.717) is 11.8 Å². The number of benzene rings is 2. The number of hydrogen-bond acceptors (Lipinski definition) is 8. The van der Waals surface area contributed by atoms with E-state index in [1.54, 1.807) is 18.0 Å². The molecule has 3 aromatic rings. The lowest BCUT2D eigenvalue weighted by Gasteiger charge is -2.16. The number of thioether (sulfide) groups is 1. The number of nitrogens with zero attached hydrogens (tertiary/aromatic N) is 2. The van der Waals surface area contributed by atoms with Gasteiger partial charge in [0.25, 0.3) is 0 Å². The standard InChI is InChI=1S/C23H26BrFN4OS.CO2/c1-3-18(14-30)27-22-20(24)13-26-23(29-22)28-19-9-4-15(2)21(12-19)31-11-10-16-5-7-17(25)8-6-16;2-1-3/h4-9,12-13,18,30H,3,10-11,14H2,1-2H3,(H2,26,27,28,29);. The van der Waals surface area contributed by atoms with Gasteiger partial charge in [-0.1, -0.05) is 25.1 Å². The third-order valence-electron chi connectivity index (χ3n) is 4.80. The van der Waals surface area contributed by atoms with E-state index in [9.17, 15) is 9.50 Å². The number of anilines is 3. The van der Waals surface area contributed by atoms with E-state index < -0.39 is 0 Å². The molecule has 2 aromatic carbocycles. The van der Waals surface area contributed by atoms with Crippen LogP contribution in [0.3, 0.4) is 0 Å². The number of carbonyl (C=O) groups excluding carboxylic acids is 2. The van der Waals surface area contributed by atoms with E-state index in [-0.39, 0.29) is 24.6 Å². The van der Waals surface area contributed by atoms with E-state index in [2.05, 4.69) is 55.6 Å². The molecule has 0 saturated carbocycles. The lowest BCUT2D eigenvalue weighted by Crippen LogP contribution is -2.23. The Balaban J connectivity index is 0.00000129. The van der Waals surface area contributed by atoms with Gasteiger partial charge in [0, 0.05) is 22.5 Å². The first-order chi connectivity index (χ1) is 16.4. The van der Waals surface area contributed by atoms with Crippen LogP contribution in [0.25, 0.3) is 0 Å². The first-order valence-corrected chi connectivity index (χ1v) is 12.3. The molecule has 0 aliphatic rings. The molecule has 34 heavy (non-hydrogen) atoms. The summed E-state index contributed by atoms with van der Waals surface area (Å²) < 4.78 is 13.8. The Hall–Kier alpha value is -2.78. The van der Waals surface area contributed by atoms with Crippen molar-refractivity contribution in [3.63, 3.8) is 0 Å². The van der Waals surface area contributed by atoms with Crippen LogP contribution < -0.4 is 10.6 Å². The molecule has 0 fully saturated rings. The third kappa shape index (κ3) is 8.87. The van der Waals surface area contributed by atoms with Crippen molar-refractivity contribution in [1.82, 2.24) is 9.97 Å². The summed E-state index contributed by atoms with van der Waals surface area (Å²) in [5.41, 5.74) is 3.22. The number of nitrogens with one attached hydrogen (secondary N) is 2. The summed E-state index contributed by atoms with van der Waals surface area (Å²) in [5.74, 6) is 1.81. The third-order valence-corrected chi connectivity index (χ3v) is 6.54. The fraction of sp³-hybridized carbons (Fsp3) is 0.292. The number of aryl methyl sites for hydroxylation is 2. The Bertz CT molecular complexity index is 1090. The monoisotopic (exact) mass is 548 g/mol. The Labute approximate surface area is 210 Å². The van der Waals surface area contributed by atoms with Crippen LogP contribution in [0.4, 0.5) is 21.8 Å². The zero-order valence-electron chi connectivity index (χ0n) is 18.8. The first kappa shape index (κ1) is 27.5. The topological polar surface area (TPSA) is 104 Å². The van der Waals surface area contributed by atoms with Crippen LogP contribution in [0.1, 0.15) is 24.5 Å². The largest absolute Gasteiger partial charge is 0.394 e. The van der Waals surface area contributed by atoms with Crippen LogP contribution >= 0.6 is 27.7 Å². The number of halogens is 2. The Kier molecular flexibility index (Phi) is 11.7. The second kappa shape index (κ2) is 14.5. The van der Waals surface area contributed by atoms with E-state index in [4.69, 9.17) is 9.59 Å². The molecule has 0 bridgehead atoms. The SMILES string of the molecule is CCC(CO)Nc1nc(Nc2ccc(C)c(SCCc3ccc(F)cc3)c2)ncc1Br.O=C=O. The van der Waals surface area contributed by atoms with E-state index in [0.717, 1.165) is 34.3 Å². The van der Waals surface area contributed by atoms with E-state index >= 15 is 0 Å². The van der Waals surface area contributed by atoms with Crippen molar-refractivity contribution >= 4 is 51.3 Å². The van der Waals surface area contributed by atoms with E-state index in [1.165, 1.54) is 22.6 Å². The number of hydrogen-bond donors (Lipinski definition) is 3. The van der Waals surface area contributed by atoms with Crippen molar-refractivity contribution in [3.8, 4) is 0 Å². The number of aromatic nitrogens is 2. The molecule has 10 heteroatoms.